The first-order chi connectivity index (χ1) is 13.5. The Morgan fingerprint density at radius 1 is 1.11 bits per heavy atom. The van der Waals surface area contributed by atoms with Crippen molar-refractivity contribution in [3.8, 4) is 5.75 Å². The van der Waals surface area contributed by atoms with Gasteiger partial charge in [-0.3, -0.25) is 0 Å². The van der Waals surface area contributed by atoms with Crippen LogP contribution in [0.25, 0.3) is 5.65 Å². The van der Waals surface area contributed by atoms with Gasteiger partial charge in [0.25, 0.3) is 0 Å². The standard InChI is InChI=1S/C20H18FN5O2/c1-12(27)14-3-2-4-15(11-14)22-18-7-8-19-23-24-20(26(19)25-18)10-13-5-6-17(28)16(21)9-13/h2-9,11-12,27-28H,10H2,1H3,(H,22,25). The number of aromatic nitrogens is 4. The van der Waals surface area contributed by atoms with E-state index in [4.69, 9.17) is 0 Å². The maximum atomic E-state index is 13.6. The van der Waals surface area contributed by atoms with E-state index >= 15 is 0 Å². The average Bonchev–Trinajstić information content (AvgIpc) is 3.07. The number of aliphatic hydroxyl groups excluding tert-OH is 1. The van der Waals surface area contributed by atoms with Crippen LogP contribution in [-0.4, -0.2) is 30.0 Å². The average molecular weight is 379 g/mol. The molecule has 0 aliphatic carbocycles. The Bertz CT molecular complexity index is 1140. The van der Waals surface area contributed by atoms with E-state index in [1.807, 2.05) is 24.3 Å². The van der Waals surface area contributed by atoms with Crippen molar-refractivity contribution in [2.45, 2.75) is 19.4 Å². The summed E-state index contributed by atoms with van der Waals surface area (Å²) in [6.45, 7) is 1.71. The normalized spacial score (nSPS) is 12.2. The molecule has 4 aromatic rings. The summed E-state index contributed by atoms with van der Waals surface area (Å²) >= 11 is 0. The summed E-state index contributed by atoms with van der Waals surface area (Å²) in [5.41, 5.74) is 2.80. The van der Waals surface area contributed by atoms with Gasteiger partial charge in [0.05, 0.1) is 6.10 Å². The monoisotopic (exact) mass is 379 g/mol. The fraction of sp³-hybridized carbons (Fsp3) is 0.150. The Kier molecular flexibility index (Phi) is 4.62. The van der Waals surface area contributed by atoms with Gasteiger partial charge in [0.2, 0.25) is 0 Å². The SMILES string of the molecule is CC(O)c1cccc(Nc2ccc3nnc(Cc4ccc(O)c(F)c4)n3n2)c1. The molecule has 0 fully saturated rings. The lowest BCUT2D eigenvalue weighted by Crippen LogP contribution is -2.04. The number of hydrogen-bond donors (Lipinski definition) is 3. The number of anilines is 2. The lowest BCUT2D eigenvalue weighted by Gasteiger charge is -2.10. The van der Waals surface area contributed by atoms with Crippen molar-refractivity contribution in [1.82, 2.24) is 19.8 Å². The van der Waals surface area contributed by atoms with E-state index < -0.39 is 11.9 Å². The first-order valence-electron chi connectivity index (χ1n) is 8.73. The molecule has 1 unspecified atom stereocenters. The second kappa shape index (κ2) is 7.24. The van der Waals surface area contributed by atoms with Gasteiger partial charge in [-0.15, -0.1) is 15.3 Å². The molecule has 0 bridgehead atoms. The summed E-state index contributed by atoms with van der Waals surface area (Å²) in [5.74, 6) is 0.0492. The number of nitrogens with zero attached hydrogens (tertiary/aromatic N) is 4. The minimum absolute atomic E-state index is 0.312. The maximum absolute atomic E-state index is 13.6. The number of phenols is 1. The predicted molar refractivity (Wildman–Crippen MR) is 102 cm³/mol. The molecule has 0 radical (unpaired) electrons. The first kappa shape index (κ1) is 17.9. The Labute approximate surface area is 160 Å². The molecular formula is C20H18FN5O2. The molecular weight excluding hydrogens is 361 g/mol. The second-order valence-electron chi connectivity index (χ2n) is 6.49. The third kappa shape index (κ3) is 3.63. The molecule has 2 aromatic carbocycles. The summed E-state index contributed by atoms with van der Waals surface area (Å²) in [7, 11) is 0. The highest BCUT2D eigenvalue weighted by Gasteiger charge is 2.11. The minimum atomic E-state index is -0.681. The van der Waals surface area contributed by atoms with Gasteiger partial charge in [-0.25, -0.2) is 4.39 Å². The molecule has 0 saturated carbocycles. The van der Waals surface area contributed by atoms with E-state index in [1.165, 1.54) is 12.1 Å². The largest absolute Gasteiger partial charge is 0.505 e. The van der Waals surface area contributed by atoms with Crippen LogP contribution in [0.5, 0.6) is 5.75 Å². The molecule has 142 valence electrons. The number of nitrogens with one attached hydrogen (secondary N) is 1. The zero-order valence-corrected chi connectivity index (χ0v) is 15.0. The highest BCUT2D eigenvalue weighted by atomic mass is 19.1. The highest BCUT2D eigenvalue weighted by Crippen LogP contribution is 2.21. The van der Waals surface area contributed by atoms with Crippen LogP contribution >= 0.6 is 0 Å². The van der Waals surface area contributed by atoms with E-state index in [0.29, 0.717) is 29.3 Å². The fourth-order valence-electron chi connectivity index (χ4n) is 2.88. The molecule has 3 N–H and O–H groups in total. The number of benzene rings is 2. The van der Waals surface area contributed by atoms with Crippen molar-refractivity contribution in [2.24, 2.45) is 0 Å². The minimum Gasteiger partial charge on any atom is -0.505 e. The Balaban J connectivity index is 1.62. The molecule has 28 heavy (non-hydrogen) atoms. The quantitative estimate of drug-likeness (QED) is 0.492. The summed E-state index contributed by atoms with van der Waals surface area (Å²) in [5, 5.41) is 35.0. The Morgan fingerprint density at radius 2 is 1.96 bits per heavy atom. The summed E-state index contributed by atoms with van der Waals surface area (Å²) < 4.78 is 15.2. The lowest BCUT2D eigenvalue weighted by atomic mass is 10.1. The summed E-state index contributed by atoms with van der Waals surface area (Å²) in [6.07, 6.45) is -0.251. The van der Waals surface area contributed by atoms with Crippen LogP contribution in [0.2, 0.25) is 0 Å². The van der Waals surface area contributed by atoms with E-state index in [-0.39, 0.29) is 5.75 Å². The second-order valence-corrected chi connectivity index (χ2v) is 6.49. The van der Waals surface area contributed by atoms with Gasteiger partial charge < -0.3 is 15.5 Å². The third-order valence-corrected chi connectivity index (χ3v) is 4.34. The van der Waals surface area contributed by atoms with Gasteiger partial charge in [0.15, 0.2) is 28.9 Å². The predicted octanol–water partition coefficient (Wildman–Crippen LogP) is 3.36. The summed E-state index contributed by atoms with van der Waals surface area (Å²) in [4.78, 5) is 0. The number of aliphatic hydroxyl groups is 1. The number of fused-ring (bicyclic) bond motifs is 1. The first-order valence-corrected chi connectivity index (χ1v) is 8.73. The summed E-state index contributed by atoms with van der Waals surface area (Å²) in [6, 6.07) is 15.2. The molecule has 0 saturated heterocycles. The van der Waals surface area contributed by atoms with Crippen molar-refractivity contribution >= 4 is 17.2 Å². The molecule has 8 heteroatoms. The van der Waals surface area contributed by atoms with Crippen LogP contribution < -0.4 is 5.32 Å². The zero-order chi connectivity index (χ0) is 19.7. The van der Waals surface area contributed by atoms with E-state index in [1.54, 1.807) is 29.6 Å². The van der Waals surface area contributed by atoms with Gasteiger partial charge >= 0.3 is 0 Å². The molecule has 0 amide bonds. The van der Waals surface area contributed by atoms with Crippen LogP contribution in [0.1, 0.15) is 30.0 Å². The van der Waals surface area contributed by atoms with Crippen LogP contribution in [0.15, 0.2) is 54.6 Å². The molecule has 1 atom stereocenters. The number of rotatable bonds is 5. The van der Waals surface area contributed by atoms with E-state index in [0.717, 1.165) is 11.3 Å². The molecule has 0 aliphatic rings. The van der Waals surface area contributed by atoms with Crippen LogP contribution in [0, 0.1) is 5.82 Å². The van der Waals surface area contributed by atoms with Crippen LogP contribution in [0.4, 0.5) is 15.9 Å². The van der Waals surface area contributed by atoms with Crippen molar-refractivity contribution in [3.63, 3.8) is 0 Å². The molecule has 2 aromatic heterocycles. The van der Waals surface area contributed by atoms with Crippen molar-refractivity contribution < 1.29 is 14.6 Å². The molecule has 0 aliphatic heterocycles. The zero-order valence-electron chi connectivity index (χ0n) is 15.0. The maximum Gasteiger partial charge on any atom is 0.178 e. The van der Waals surface area contributed by atoms with Crippen LogP contribution in [-0.2, 0) is 6.42 Å². The smallest absolute Gasteiger partial charge is 0.178 e. The number of phenolic OH excluding ortho intramolecular Hbond substituents is 1. The molecule has 7 nitrogen and oxygen atoms in total. The van der Waals surface area contributed by atoms with E-state index in [2.05, 4.69) is 20.6 Å². The van der Waals surface area contributed by atoms with Gasteiger partial charge in [-0.05, 0) is 54.4 Å². The number of halogens is 1. The molecule has 4 rings (SSSR count). The Hall–Kier alpha value is -3.52. The van der Waals surface area contributed by atoms with Crippen molar-refractivity contribution in [1.29, 1.82) is 0 Å². The van der Waals surface area contributed by atoms with E-state index in [9.17, 15) is 14.6 Å². The molecule has 0 spiro atoms. The lowest BCUT2D eigenvalue weighted by molar-refractivity contribution is 0.199. The van der Waals surface area contributed by atoms with Gasteiger partial charge in [-0.2, -0.15) is 4.52 Å². The van der Waals surface area contributed by atoms with Crippen LogP contribution in [0.3, 0.4) is 0 Å². The number of aromatic hydroxyl groups is 1. The van der Waals surface area contributed by atoms with Crippen molar-refractivity contribution in [2.75, 3.05) is 5.32 Å². The highest BCUT2D eigenvalue weighted by molar-refractivity contribution is 5.58. The van der Waals surface area contributed by atoms with Gasteiger partial charge in [0, 0.05) is 12.1 Å². The topological polar surface area (TPSA) is 95.6 Å². The Morgan fingerprint density at radius 3 is 2.75 bits per heavy atom. The fourth-order valence-corrected chi connectivity index (χ4v) is 2.88. The third-order valence-electron chi connectivity index (χ3n) is 4.34. The molecule has 2 heterocycles. The number of hydrogen-bond acceptors (Lipinski definition) is 6. The van der Waals surface area contributed by atoms with Gasteiger partial charge in [-0.1, -0.05) is 18.2 Å². The van der Waals surface area contributed by atoms with Gasteiger partial charge in [0.1, 0.15) is 0 Å². The van der Waals surface area contributed by atoms with Crippen molar-refractivity contribution in [3.05, 3.63) is 77.4 Å².